The van der Waals surface area contributed by atoms with Gasteiger partial charge in [-0.3, -0.25) is 14.5 Å². The van der Waals surface area contributed by atoms with Crippen molar-refractivity contribution in [1.29, 1.82) is 0 Å². The van der Waals surface area contributed by atoms with Crippen LogP contribution in [0.5, 0.6) is 0 Å². The molecule has 0 saturated carbocycles. The second-order valence-corrected chi connectivity index (χ2v) is 8.54. The van der Waals surface area contributed by atoms with E-state index >= 15 is 0 Å². The van der Waals surface area contributed by atoms with Gasteiger partial charge in [-0.05, 0) is 48.0 Å². The lowest BCUT2D eigenvalue weighted by Crippen LogP contribution is -2.43. The van der Waals surface area contributed by atoms with Crippen molar-refractivity contribution in [2.75, 3.05) is 31.2 Å². The Morgan fingerprint density at radius 1 is 1.29 bits per heavy atom. The van der Waals surface area contributed by atoms with Gasteiger partial charge in [0.05, 0.1) is 11.5 Å². The summed E-state index contributed by atoms with van der Waals surface area (Å²) in [6.07, 6.45) is 3.27. The fraction of sp³-hybridized carbons (Fsp3) is 0.450. The van der Waals surface area contributed by atoms with E-state index in [0.717, 1.165) is 50.4 Å². The van der Waals surface area contributed by atoms with Gasteiger partial charge < -0.3 is 9.64 Å². The van der Waals surface area contributed by atoms with Crippen LogP contribution in [0.1, 0.15) is 29.8 Å². The van der Waals surface area contributed by atoms with Crippen molar-refractivity contribution in [3.63, 3.8) is 0 Å². The lowest BCUT2D eigenvalue weighted by Gasteiger charge is -2.39. The highest BCUT2D eigenvalue weighted by Gasteiger charge is 2.38. The Kier molecular flexibility index (Phi) is 4.22. The average molecular weight is 395 g/mol. The Labute approximate surface area is 166 Å². The molecule has 5 rings (SSSR count). The fourth-order valence-corrected chi connectivity index (χ4v) is 4.69. The molecule has 2 saturated heterocycles. The smallest absolute Gasteiger partial charge is 0.267 e. The molecule has 28 heavy (non-hydrogen) atoms. The molecule has 0 unspecified atom stereocenters. The number of ether oxygens (including phenoxy) is 1. The summed E-state index contributed by atoms with van der Waals surface area (Å²) in [6, 6.07) is 3.90. The maximum absolute atomic E-state index is 13.0. The third-order valence-corrected chi connectivity index (χ3v) is 6.68. The predicted molar refractivity (Wildman–Crippen MR) is 109 cm³/mol. The third-order valence-electron chi connectivity index (χ3n) is 5.90. The molecule has 2 aliphatic heterocycles. The Bertz CT molecular complexity index is 1120. The van der Waals surface area contributed by atoms with E-state index in [-0.39, 0.29) is 5.56 Å². The van der Waals surface area contributed by atoms with E-state index in [2.05, 4.69) is 26.9 Å². The molecule has 2 aliphatic rings. The molecule has 3 aromatic rings. The van der Waals surface area contributed by atoms with E-state index in [1.807, 2.05) is 17.5 Å². The summed E-state index contributed by atoms with van der Waals surface area (Å²) in [5, 5.41) is 9.56. The van der Waals surface area contributed by atoms with E-state index in [1.54, 1.807) is 23.0 Å². The van der Waals surface area contributed by atoms with E-state index in [1.165, 1.54) is 0 Å². The molecular formula is C20H21N5O2S. The van der Waals surface area contributed by atoms with Crippen LogP contribution in [-0.4, -0.2) is 46.1 Å². The molecule has 2 fully saturated rings. The van der Waals surface area contributed by atoms with Gasteiger partial charge in [-0.25, -0.2) is 0 Å². The first-order valence-electron chi connectivity index (χ1n) is 9.49. The lowest BCUT2D eigenvalue weighted by molar-refractivity contribution is 0.133. The van der Waals surface area contributed by atoms with Gasteiger partial charge in [0.1, 0.15) is 11.1 Å². The number of rotatable bonds is 1. The quantitative estimate of drug-likeness (QED) is 0.639. The van der Waals surface area contributed by atoms with Crippen LogP contribution < -0.4 is 10.5 Å². The number of nitrogens with one attached hydrogen (secondary N) is 1. The van der Waals surface area contributed by atoms with E-state index in [0.29, 0.717) is 28.1 Å². The van der Waals surface area contributed by atoms with Crippen molar-refractivity contribution in [3.8, 4) is 11.8 Å². The Morgan fingerprint density at radius 2 is 2.14 bits per heavy atom. The number of fused-ring (bicyclic) bond motifs is 1. The summed E-state index contributed by atoms with van der Waals surface area (Å²) in [7, 11) is 1.77. The van der Waals surface area contributed by atoms with Gasteiger partial charge >= 0.3 is 0 Å². The molecule has 0 atom stereocenters. The summed E-state index contributed by atoms with van der Waals surface area (Å²) in [4.78, 5) is 20.9. The van der Waals surface area contributed by atoms with Crippen molar-refractivity contribution >= 4 is 28.3 Å². The summed E-state index contributed by atoms with van der Waals surface area (Å²) >= 11 is 1.56. The first kappa shape index (κ1) is 17.5. The number of thiophene rings is 1. The predicted octanol–water partition coefficient (Wildman–Crippen LogP) is 2.12. The molecule has 144 valence electrons. The molecule has 0 radical (unpaired) electrons. The van der Waals surface area contributed by atoms with Gasteiger partial charge in [0, 0.05) is 26.7 Å². The number of H-pyrrole nitrogens is 1. The maximum Gasteiger partial charge on any atom is 0.267 e. The van der Waals surface area contributed by atoms with E-state index < -0.39 is 0 Å². The molecule has 1 spiro atoms. The van der Waals surface area contributed by atoms with Gasteiger partial charge in [-0.2, -0.15) is 10.1 Å². The zero-order valence-corrected chi connectivity index (χ0v) is 16.5. The minimum Gasteiger partial charge on any atom is -0.381 e. The largest absolute Gasteiger partial charge is 0.381 e. The van der Waals surface area contributed by atoms with Crippen LogP contribution >= 0.6 is 11.3 Å². The zero-order chi connectivity index (χ0) is 19.1. The summed E-state index contributed by atoms with van der Waals surface area (Å²) in [5.74, 6) is 6.78. The fourth-order valence-electron chi connectivity index (χ4n) is 4.12. The number of hydrogen-bond acceptors (Lipinski definition) is 6. The third kappa shape index (κ3) is 2.91. The molecule has 0 amide bonds. The van der Waals surface area contributed by atoms with Crippen molar-refractivity contribution in [3.05, 3.63) is 38.4 Å². The van der Waals surface area contributed by atoms with Crippen LogP contribution in [0.3, 0.4) is 0 Å². The van der Waals surface area contributed by atoms with Gasteiger partial charge in [0.2, 0.25) is 5.95 Å². The van der Waals surface area contributed by atoms with Crippen LogP contribution in [0.2, 0.25) is 0 Å². The van der Waals surface area contributed by atoms with Crippen molar-refractivity contribution in [1.82, 2.24) is 19.7 Å². The summed E-state index contributed by atoms with van der Waals surface area (Å²) < 4.78 is 7.24. The number of hydrogen-bond donors (Lipinski definition) is 1. The maximum atomic E-state index is 13.0. The molecule has 0 bridgehead atoms. The van der Waals surface area contributed by atoms with Crippen LogP contribution in [0, 0.1) is 17.3 Å². The highest BCUT2D eigenvalue weighted by Crippen LogP contribution is 2.39. The first-order valence-corrected chi connectivity index (χ1v) is 10.4. The molecule has 1 N–H and O–H groups in total. The Morgan fingerprint density at radius 3 is 2.86 bits per heavy atom. The number of nitrogens with zero attached hydrogens (tertiary/aromatic N) is 4. The lowest BCUT2D eigenvalue weighted by atomic mass is 9.78. The minimum atomic E-state index is -0.117. The van der Waals surface area contributed by atoms with Gasteiger partial charge in [0.25, 0.3) is 5.56 Å². The number of piperidine rings is 1. The molecule has 0 aromatic carbocycles. The molecule has 3 aromatic heterocycles. The van der Waals surface area contributed by atoms with E-state index in [4.69, 9.17) is 9.72 Å². The van der Waals surface area contributed by atoms with Crippen LogP contribution in [0.15, 0.2) is 22.3 Å². The topological polar surface area (TPSA) is 76.0 Å². The molecule has 0 aliphatic carbocycles. The molecular weight excluding hydrogens is 374 g/mol. The second kappa shape index (κ2) is 6.76. The minimum absolute atomic E-state index is 0.117. The van der Waals surface area contributed by atoms with Crippen LogP contribution in [0.25, 0.3) is 11.0 Å². The van der Waals surface area contributed by atoms with Gasteiger partial charge in [-0.1, -0.05) is 6.07 Å². The first-order chi connectivity index (χ1) is 13.7. The normalized spacial score (nSPS) is 18.5. The molecule has 7 nitrogen and oxygen atoms in total. The second-order valence-electron chi connectivity index (χ2n) is 7.59. The zero-order valence-electron chi connectivity index (χ0n) is 15.7. The monoisotopic (exact) mass is 395 g/mol. The molecule has 8 heteroatoms. The SMILES string of the molecule is Cn1c(N2CCC3(CCOC3)CC2)nc2n[nH]c(C#Cc3cccs3)c2c1=O. The number of aromatic amines is 1. The Balaban J connectivity index is 1.47. The van der Waals surface area contributed by atoms with Gasteiger partial charge in [0.15, 0.2) is 5.65 Å². The highest BCUT2D eigenvalue weighted by atomic mass is 32.1. The average Bonchev–Trinajstić information content (AvgIpc) is 3.45. The Hall–Kier alpha value is -2.63. The van der Waals surface area contributed by atoms with Gasteiger partial charge in [-0.15, -0.1) is 11.3 Å². The molecule has 5 heterocycles. The highest BCUT2D eigenvalue weighted by molar-refractivity contribution is 7.10. The van der Waals surface area contributed by atoms with Crippen molar-refractivity contribution in [2.24, 2.45) is 12.5 Å². The van der Waals surface area contributed by atoms with Crippen molar-refractivity contribution < 1.29 is 4.74 Å². The summed E-state index contributed by atoms with van der Waals surface area (Å²) in [5.41, 5.74) is 1.15. The number of anilines is 1. The van der Waals surface area contributed by atoms with Crippen LogP contribution in [-0.2, 0) is 11.8 Å². The summed E-state index contributed by atoms with van der Waals surface area (Å²) in [6.45, 7) is 3.48. The van der Waals surface area contributed by atoms with Crippen molar-refractivity contribution in [2.45, 2.75) is 19.3 Å². The number of aromatic nitrogens is 4. The van der Waals surface area contributed by atoms with E-state index in [9.17, 15) is 4.79 Å². The van der Waals surface area contributed by atoms with Crippen LogP contribution in [0.4, 0.5) is 5.95 Å². The standard InChI is InChI=1S/C20H21N5O2S/c1-24-18(26)16-15(5-4-14-3-2-12-28-14)22-23-17(16)21-19(24)25-9-6-20(7-10-25)8-11-27-13-20/h2-3,12H,6-11,13H2,1H3,(H,22,23).